The highest BCUT2D eigenvalue weighted by atomic mass is 32.2. The van der Waals surface area contributed by atoms with Crippen LogP contribution in [0.15, 0.2) is 217 Å². The maximum absolute atomic E-state index is 6.04. The van der Waals surface area contributed by atoms with Gasteiger partial charge in [0.1, 0.15) is 22.2 Å². The smallest absolute Gasteiger partial charge is 0.209 e. The second kappa shape index (κ2) is 22.1. The van der Waals surface area contributed by atoms with E-state index in [0.717, 1.165) is 17.2 Å². The van der Waals surface area contributed by atoms with Crippen molar-refractivity contribution in [1.29, 1.82) is 0 Å². The lowest BCUT2D eigenvalue weighted by Gasteiger charge is -2.21. The lowest BCUT2D eigenvalue weighted by atomic mass is 10.0. The molecule has 0 saturated carbocycles. The molecule has 0 unspecified atom stereocenters. The summed E-state index contributed by atoms with van der Waals surface area (Å²) >= 11 is 0. The Morgan fingerprint density at radius 1 is 0.406 bits per heavy atom. The molecule has 0 atom stereocenters. The van der Waals surface area contributed by atoms with Crippen molar-refractivity contribution >= 4 is 21.8 Å². The number of benzene rings is 8. The summed E-state index contributed by atoms with van der Waals surface area (Å²) in [6, 6.07) is 66.1. The summed E-state index contributed by atoms with van der Waals surface area (Å²) in [5.74, 6) is 2.85. The van der Waals surface area contributed by atoms with E-state index in [-0.39, 0.29) is 27.4 Å². The van der Waals surface area contributed by atoms with E-state index in [2.05, 4.69) is 240 Å². The van der Waals surface area contributed by atoms with E-state index in [4.69, 9.17) is 9.47 Å². The number of hydrogen-bond donors (Lipinski definition) is 0. The molecule has 0 bridgehead atoms. The third-order valence-corrected chi connectivity index (χ3v) is 15.4. The summed E-state index contributed by atoms with van der Waals surface area (Å²) in [5, 5.41) is 0. The van der Waals surface area contributed by atoms with Gasteiger partial charge < -0.3 is 9.47 Å². The molecule has 4 heteroatoms. The molecule has 1 heterocycles. The van der Waals surface area contributed by atoms with Crippen molar-refractivity contribution in [3.8, 4) is 17.2 Å². The highest BCUT2D eigenvalue weighted by Gasteiger charge is 2.38. The van der Waals surface area contributed by atoms with Crippen LogP contribution in [0, 0.1) is 55.4 Å². The predicted octanol–water partition coefficient (Wildman–Crippen LogP) is 16.7. The molecule has 0 fully saturated rings. The maximum atomic E-state index is 6.04. The highest BCUT2D eigenvalue weighted by molar-refractivity contribution is 7.97. The van der Waals surface area contributed by atoms with Gasteiger partial charge in [0, 0.05) is 0 Å². The van der Waals surface area contributed by atoms with Crippen LogP contribution in [0.2, 0.25) is 0 Å². The Kier molecular flexibility index (Phi) is 16.4. The Morgan fingerprint density at radius 2 is 0.750 bits per heavy atom. The first-order chi connectivity index (χ1) is 30.7. The molecule has 326 valence electrons. The fraction of sp³-hybridized carbons (Fsp3) is 0.200. The standard InChI is InChI=1S/C22H23OS.C18H13OS.2C10H14/c1-22(2,3)23-18-14-16-21(17-15-18)24(19-10-6-4-7-11-19)20-12-8-5-9-13-20;1-2-8-14(9-3-1)20-17-12-6-4-10-15(17)19-16-11-5-7-13-18(16)20;2*1-7-5-8(2)10(4)9(3)6-7/h4-17H,1-3H3;1-13H;2*5-6H,1-4H3/q2*+1;;. The van der Waals surface area contributed by atoms with Gasteiger partial charge in [-0.1, -0.05) is 114 Å². The second-order valence-corrected chi connectivity index (χ2v) is 21.3. The average molecular weight is 881 g/mol. The van der Waals surface area contributed by atoms with E-state index in [9.17, 15) is 0 Å². The van der Waals surface area contributed by atoms with Crippen molar-refractivity contribution in [3.05, 3.63) is 233 Å². The fourth-order valence-corrected chi connectivity index (χ4v) is 11.8. The van der Waals surface area contributed by atoms with E-state index in [0.29, 0.717) is 0 Å². The van der Waals surface area contributed by atoms with Gasteiger partial charge in [-0.05, 0) is 194 Å². The SMILES string of the molecule is CC(C)(C)Oc1ccc([S+](c2ccccc2)c2ccccc2)cc1.Cc1cc(C)c(C)c(C)c1.Cc1cc(C)c(C)c(C)c1.c1ccc([S+]2c3ccccc3Oc3ccccc32)cc1. The van der Waals surface area contributed by atoms with Crippen molar-refractivity contribution in [1.82, 2.24) is 0 Å². The summed E-state index contributed by atoms with van der Waals surface area (Å²) < 4.78 is 12.0. The number of hydrogen-bond acceptors (Lipinski definition) is 2. The maximum Gasteiger partial charge on any atom is 0.209 e. The van der Waals surface area contributed by atoms with Crippen LogP contribution in [-0.4, -0.2) is 5.60 Å². The molecular weight excluding hydrogens is 817 g/mol. The van der Waals surface area contributed by atoms with E-state index >= 15 is 0 Å². The molecule has 0 N–H and O–H groups in total. The molecule has 64 heavy (non-hydrogen) atoms. The van der Waals surface area contributed by atoms with E-state index < -0.39 is 0 Å². The van der Waals surface area contributed by atoms with Crippen molar-refractivity contribution in [3.63, 3.8) is 0 Å². The van der Waals surface area contributed by atoms with Crippen LogP contribution in [0.5, 0.6) is 17.2 Å². The largest absolute Gasteiger partial charge is 0.488 e. The molecule has 2 nitrogen and oxygen atoms in total. The fourth-order valence-electron chi connectivity index (χ4n) is 7.48. The van der Waals surface area contributed by atoms with Gasteiger partial charge in [0.25, 0.3) is 0 Å². The Morgan fingerprint density at radius 3 is 1.14 bits per heavy atom. The van der Waals surface area contributed by atoms with E-state index in [1.54, 1.807) is 0 Å². The molecule has 8 aromatic carbocycles. The lowest BCUT2D eigenvalue weighted by molar-refractivity contribution is 0.131. The van der Waals surface area contributed by atoms with Crippen molar-refractivity contribution in [2.45, 2.75) is 111 Å². The van der Waals surface area contributed by atoms with Gasteiger partial charge in [-0.25, -0.2) is 0 Å². The normalized spacial score (nSPS) is 11.6. The van der Waals surface area contributed by atoms with Crippen LogP contribution in [0.4, 0.5) is 0 Å². The van der Waals surface area contributed by atoms with Crippen molar-refractivity contribution in [2.24, 2.45) is 0 Å². The Labute approximate surface area is 390 Å². The average Bonchev–Trinajstić information content (AvgIpc) is 3.28. The molecule has 0 amide bonds. The van der Waals surface area contributed by atoms with E-state index in [1.807, 2.05) is 24.3 Å². The number of para-hydroxylation sites is 2. The first kappa shape index (κ1) is 47.5. The molecule has 1 aliphatic heterocycles. The third kappa shape index (κ3) is 12.8. The minimum absolute atomic E-state index is 0.0829. The Bertz CT molecular complexity index is 2530. The van der Waals surface area contributed by atoms with Gasteiger partial charge in [0.05, 0.1) is 10.9 Å². The summed E-state index contributed by atoms with van der Waals surface area (Å²) in [5.41, 5.74) is 11.0. The van der Waals surface area contributed by atoms with Gasteiger partial charge >= 0.3 is 0 Å². The van der Waals surface area contributed by atoms with Gasteiger partial charge in [-0.3, -0.25) is 0 Å². The van der Waals surface area contributed by atoms with Gasteiger partial charge in [-0.2, -0.15) is 0 Å². The van der Waals surface area contributed by atoms with Gasteiger partial charge in [0.15, 0.2) is 31.1 Å². The minimum atomic E-state index is -0.179. The number of aryl methyl sites for hydroxylation is 6. The van der Waals surface area contributed by atoms with Crippen LogP contribution in [0.25, 0.3) is 0 Å². The molecule has 0 radical (unpaired) electrons. The topological polar surface area (TPSA) is 18.5 Å². The van der Waals surface area contributed by atoms with Crippen LogP contribution in [-0.2, 0) is 21.8 Å². The molecule has 0 aromatic heterocycles. The highest BCUT2D eigenvalue weighted by Crippen LogP contribution is 2.46. The molecular formula is C60H64O2S2+2. The molecule has 0 aliphatic carbocycles. The monoisotopic (exact) mass is 880 g/mol. The van der Waals surface area contributed by atoms with Crippen LogP contribution in [0.1, 0.15) is 65.3 Å². The summed E-state index contributed by atoms with van der Waals surface area (Å²) in [6.45, 7) is 23.5. The van der Waals surface area contributed by atoms with Gasteiger partial charge in [0.2, 0.25) is 9.79 Å². The van der Waals surface area contributed by atoms with Crippen LogP contribution in [0.3, 0.4) is 0 Å². The van der Waals surface area contributed by atoms with Crippen LogP contribution >= 0.6 is 0 Å². The third-order valence-electron chi connectivity index (χ3n) is 10.9. The lowest BCUT2D eigenvalue weighted by Crippen LogP contribution is -2.22. The number of rotatable bonds is 5. The molecule has 0 saturated heterocycles. The Hall–Kier alpha value is -5.94. The predicted molar refractivity (Wildman–Crippen MR) is 274 cm³/mol. The van der Waals surface area contributed by atoms with Crippen molar-refractivity contribution in [2.75, 3.05) is 0 Å². The Balaban J connectivity index is 0.000000152. The zero-order valence-corrected chi connectivity index (χ0v) is 41.2. The van der Waals surface area contributed by atoms with Crippen LogP contribution < -0.4 is 9.47 Å². The molecule has 8 aromatic rings. The minimum Gasteiger partial charge on any atom is -0.488 e. The second-order valence-electron chi connectivity index (χ2n) is 17.3. The van der Waals surface area contributed by atoms with Crippen molar-refractivity contribution < 1.29 is 9.47 Å². The molecule has 1 aliphatic rings. The summed E-state index contributed by atoms with van der Waals surface area (Å²) in [6.07, 6.45) is 0. The first-order valence-corrected chi connectivity index (χ1v) is 24.5. The summed E-state index contributed by atoms with van der Waals surface area (Å²) in [7, 11) is -0.185. The van der Waals surface area contributed by atoms with E-state index in [1.165, 1.54) is 73.9 Å². The number of fused-ring (bicyclic) bond motifs is 2. The summed E-state index contributed by atoms with van der Waals surface area (Å²) in [4.78, 5) is 7.81. The zero-order valence-electron chi connectivity index (χ0n) is 39.5. The quantitative estimate of drug-likeness (QED) is 0.160. The first-order valence-electron chi connectivity index (χ1n) is 22.1. The van der Waals surface area contributed by atoms with Gasteiger partial charge in [-0.15, -0.1) is 0 Å². The zero-order chi connectivity index (χ0) is 45.8. The molecule has 0 spiro atoms. The molecule has 9 rings (SSSR count). The number of ether oxygens (including phenoxy) is 2.